The third kappa shape index (κ3) is 8.74. The van der Waals surface area contributed by atoms with E-state index in [1.54, 1.807) is 0 Å². The maximum atomic E-state index is 11.7. The second-order valence-electron chi connectivity index (χ2n) is 5.50. The molecule has 0 aliphatic rings. The van der Waals surface area contributed by atoms with Crippen molar-refractivity contribution in [1.29, 1.82) is 0 Å². The third-order valence-corrected chi connectivity index (χ3v) is 3.34. The van der Waals surface area contributed by atoms with Crippen LogP contribution in [0.4, 0.5) is 0 Å². The largest absolute Gasteiger partial charge is 0.355 e. The van der Waals surface area contributed by atoms with Gasteiger partial charge < -0.3 is 10.6 Å². The summed E-state index contributed by atoms with van der Waals surface area (Å²) < 4.78 is 0. The van der Waals surface area contributed by atoms with E-state index in [9.17, 15) is 4.79 Å². The molecule has 0 aliphatic carbocycles. The predicted octanol–water partition coefficient (Wildman–Crippen LogP) is 3.28. The summed E-state index contributed by atoms with van der Waals surface area (Å²) in [7, 11) is 0. The van der Waals surface area contributed by atoms with Crippen molar-refractivity contribution >= 4 is 18.3 Å². The van der Waals surface area contributed by atoms with Crippen molar-refractivity contribution in [2.75, 3.05) is 19.6 Å². The van der Waals surface area contributed by atoms with E-state index in [0.29, 0.717) is 18.9 Å². The van der Waals surface area contributed by atoms with E-state index < -0.39 is 0 Å². The molecule has 1 aromatic rings. The minimum atomic E-state index is 0. The Morgan fingerprint density at radius 2 is 1.76 bits per heavy atom. The Labute approximate surface area is 135 Å². The van der Waals surface area contributed by atoms with Crippen LogP contribution in [-0.2, 0) is 11.2 Å². The first kappa shape index (κ1) is 19.9. The van der Waals surface area contributed by atoms with Crippen LogP contribution in [-0.4, -0.2) is 25.5 Å². The van der Waals surface area contributed by atoms with Gasteiger partial charge >= 0.3 is 0 Å². The monoisotopic (exact) mass is 312 g/mol. The lowest BCUT2D eigenvalue weighted by molar-refractivity contribution is -0.121. The molecule has 0 aliphatic heterocycles. The first-order valence-corrected chi connectivity index (χ1v) is 7.69. The molecule has 2 N–H and O–H groups in total. The van der Waals surface area contributed by atoms with Gasteiger partial charge in [-0.05, 0) is 36.4 Å². The average Bonchev–Trinajstić information content (AvgIpc) is 2.45. The van der Waals surface area contributed by atoms with E-state index in [0.717, 1.165) is 25.9 Å². The molecule has 0 bridgehead atoms. The van der Waals surface area contributed by atoms with Gasteiger partial charge in [-0.25, -0.2) is 0 Å². The maximum absolute atomic E-state index is 11.7. The molecule has 0 spiro atoms. The van der Waals surface area contributed by atoms with E-state index in [4.69, 9.17) is 0 Å². The zero-order chi connectivity index (χ0) is 14.8. The van der Waals surface area contributed by atoms with Crippen LogP contribution in [0.3, 0.4) is 0 Å². The number of hydrogen-bond acceptors (Lipinski definition) is 2. The molecule has 0 radical (unpaired) electrons. The van der Waals surface area contributed by atoms with E-state index in [1.807, 2.05) is 0 Å². The minimum Gasteiger partial charge on any atom is -0.355 e. The molecular weight excluding hydrogens is 284 g/mol. The quantitative estimate of drug-likeness (QED) is 0.687. The van der Waals surface area contributed by atoms with Gasteiger partial charge in [-0.2, -0.15) is 0 Å². The number of aryl methyl sites for hydroxylation is 1. The number of amides is 1. The second-order valence-corrected chi connectivity index (χ2v) is 5.50. The predicted molar refractivity (Wildman–Crippen MR) is 92.3 cm³/mol. The molecule has 0 aromatic heterocycles. The lowest BCUT2D eigenvalue weighted by atomic mass is 10.0. The number of rotatable bonds is 9. The number of nitrogens with one attached hydrogen (secondary N) is 2. The summed E-state index contributed by atoms with van der Waals surface area (Å²) in [5, 5.41) is 6.21. The van der Waals surface area contributed by atoms with Crippen LogP contribution >= 0.6 is 12.4 Å². The third-order valence-electron chi connectivity index (χ3n) is 3.34. The van der Waals surface area contributed by atoms with Crippen molar-refractivity contribution in [3.8, 4) is 0 Å². The highest BCUT2D eigenvalue weighted by molar-refractivity contribution is 5.85. The van der Waals surface area contributed by atoms with E-state index in [2.05, 4.69) is 55.7 Å². The Bertz CT molecular complexity index is 390. The zero-order valence-electron chi connectivity index (χ0n) is 13.4. The van der Waals surface area contributed by atoms with Crippen molar-refractivity contribution < 1.29 is 4.79 Å². The van der Waals surface area contributed by atoms with Crippen molar-refractivity contribution in [3.63, 3.8) is 0 Å². The standard InChI is InChI=1S/C17H28N2O.ClH/c1-4-11-18-12-13-19-17(20)10-7-15-5-8-16(9-6-15)14(2)3;/h5-6,8-9,14,18H,4,7,10-13H2,1-3H3,(H,19,20);1H. The van der Waals surface area contributed by atoms with Crippen LogP contribution in [0.2, 0.25) is 0 Å². The van der Waals surface area contributed by atoms with Gasteiger partial charge in [0, 0.05) is 19.5 Å². The van der Waals surface area contributed by atoms with Crippen LogP contribution in [0.15, 0.2) is 24.3 Å². The molecule has 0 atom stereocenters. The molecule has 120 valence electrons. The number of halogens is 1. The normalized spacial score (nSPS) is 10.3. The fraction of sp³-hybridized carbons (Fsp3) is 0.588. The van der Waals surface area contributed by atoms with Gasteiger partial charge in [-0.3, -0.25) is 4.79 Å². The summed E-state index contributed by atoms with van der Waals surface area (Å²) in [5.41, 5.74) is 2.58. The molecule has 0 fully saturated rings. The summed E-state index contributed by atoms with van der Waals surface area (Å²) in [6, 6.07) is 8.58. The SMILES string of the molecule is CCCNCCNC(=O)CCc1ccc(C(C)C)cc1.Cl. The highest BCUT2D eigenvalue weighted by Crippen LogP contribution is 2.15. The van der Waals surface area contributed by atoms with Gasteiger partial charge in [0.1, 0.15) is 0 Å². The number of carbonyl (C=O) groups excluding carboxylic acids is 1. The Morgan fingerprint density at radius 1 is 1.10 bits per heavy atom. The molecule has 3 nitrogen and oxygen atoms in total. The summed E-state index contributed by atoms with van der Waals surface area (Å²) in [6.45, 7) is 9.09. The molecule has 1 aromatic carbocycles. The summed E-state index contributed by atoms with van der Waals surface area (Å²) >= 11 is 0. The van der Waals surface area contributed by atoms with E-state index in [1.165, 1.54) is 11.1 Å². The van der Waals surface area contributed by atoms with Gasteiger partial charge in [0.05, 0.1) is 0 Å². The van der Waals surface area contributed by atoms with E-state index >= 15 is 0 Å². The molecule has 21 heavy (non-hydrogen) atoms. The Balaban J connectivity index is 0.00000400. The fourth-order valence-electron chi connectivity index (χ4n) is 2.01. The van der Waals surface area contributed by atoms with Crippen LogP contribution in [0, 0.1) is 0 Å². The van der Waals surface area contributed by atoms with Crippen LogP contribution in [0.5, 0.6) is 0 Å². The highest BCUT2D eigenvalue weighted by Gasteiger charge is 2.03. The highest BCUT2D eigenvalue weighted by atomic mass is 35.5. The number of hydrogen-bond donors (Lipinski definition) is 2. The first-order chi connectivity index (χ1) is 9.63. The fourth-order valence-corrected chi connectivity index (χ4v) is 2.01. The van der Waals surface area contributed by atoms with Crippen LogP contribution in [0.1, 0.15) is 50.7 Å². The smallest absolute Gasteiger partial charge is 0.220 e. The van der Waals surface area contributed by atoms with Gasteiger partial charge in [0.2, 0.25) is 5.91 Å². The minimum absolute atomic E-state index is 0. The number of carbonyl (C=O) groups is 1. The molecule has 0 unspecified atom stereocenters. The first-order valence-electron chi connectivity index (χ1n) is 7.69. The lowest BCUT2D eigenvalue weighted by Gasteiger charge is -2.08. The Morgan fingerprint density at radius 3 is 2.33 bits per heavy atom. The van der Waals surface area contributed by atoms with Crippen molar-refractivity contribution in [1.82, 2.24) is 10.6 Å². The average molecular weight is 313 g/mol. The lowest BCUT2D eigenvalue weighted by Crippen LogP contribution is -2.32. The topological polar surface area (TPSA) is 41.1 Å². The second kappa shape index (κ2) is 11.6. The van der Waals surface area contributed by atoms with Gasteiger partial charge in [-0.15, -0.1) is 12.4 Å². The van der Waals surface area contributed by atoms with Crippen molar-refractivity contribution in [3.05, 3.63) is 35.4 Å². The molecule has 0 saturated carbocycles. The van der Waals surface area contributed by atoms with Crippen LogP contribution < -0.4 is 10.6 Å². The summed E-state index contributed by atoms with van der Waals surface area (Å²) in [5.74, 6) is 0.694. The van der Waals surface area contributed by atoms with Gasteiger partial charge in [-0.1, -0.05) is 45.0 Å². The van der Waals surface area contributed by atoms with Crippen molar-refractivity contribution in [2.24, 2.45) is 0 Å². The van der Waals surface area contributed by atoms with Crippen molar-refractivity contribution in [2.45, 2.75) is 46.0 Å². The van der Waals surface area contributed by atoms with E-state index in [-0.39, 0.29) is 18.3 Å². The molecule has 4 heteroatoms. The Kier molecular flexibility index (Phi) is 11.0. The molecular formula is C17H29ClN2O. The van der Waals surface area contributed by atoms with Gasteiger partial charge in [0.25, 0.3) is 0 Å². The molecule has 1 amide bonds. The molecule has 0 saturated heterocycles. The zero-order valence-corrected chi connectivity index (χ0v) is 14.3. The molecule has 1 rings (SSSR count). The Hall–Kier alpha value is -1.06. The van der Waals surface area contributed by atoms with Crippen LogP contribution in [0.25, 0.3) is 0 Å². The molecule has 0 heterocycles. The maximum Gasteiger partial charge on any atom is 0.220 e. The number of benzene rings is 1. The van der Waals surface area contributed by atoms with Gasteiger partial charge in [0.15, 0.2) is 0 Å². The summed E-state index contributed by atoms with van der Waals surface area (Å²) in [6.07, 6.45) is 2.50. The summed E-state index contributed by atoms with van der Waals surface area (Å²) in [4.78, 5) is 11.7.